The van der Waals surface area contributed by atoms with Crippen LogP contribution >= 0.6 is 22.7 Å². The number of hydrogen-bond acceptors (Lipinski definition) is 4. The summed E-state index contributed by atoms with van der Waals surface area (Å²) in [6.45, 7) is 2.98. The molecular weight excluding hydrogens is 320 g/mol. The van der Waals surface area contributed by atoms with Crippen LogP contribution < -0.4 is 5.32 Å². The van der Waals surface area contributed by atoms with E-state index in [0.717, 1.165) is 22.8 Å². The second kappa shape index (κ2) is 6.14. The molecule has 0 unspecified atom stereocenters. The van der Waals surface area contributed by atoms with Crippen molar-refractivity contribution in [1.82, 2.24) is 4.98 Å². The molecule has 0 aliphatic carbocycles. The summed E-state index contributed by atoms with van der Waals surface area (Å²) >= 11 is 3.52. The Labute approximate surface area is 143 Å². The van der Waals surface area contributed by atoms with Crippen molar-refractivity contribution >= 4 is 38.6 Å². The quantitative estimate of drug-likeness (QED) is 0.498. The molecule has 0 fully saturated rings. The average molecular weight is 336 g/mol. The van der Waals surface area contributed by atoms with E-state index in [1.54, 1.807) is 22.7 Å². The van der Waals surface area contributed by atoms with Crippen LogP contribution in [0.5, 0.6) is 0 Å². The fourth-order valence-electron chi connectivity index (χ4n) is 2.49. The zero-order valence-electron chi connectivity index (χ0n) is 12.7. The molecule has 2 heterocycles. The van der Waals surface area contributed by atoms with Crippen LogP contribution in [0.3, 0.4) is 0 Å². The molecular formula is C19H16N2S2. The lowest BCUT2D eigenvalue weighted by Crippen LogP contribution is -1.96. The van der Waals surface area contributed by atoms with Gasteiger partial charge in [-0.25, -0.2) is 4.98 Å². The first-order chi connectivity index (χ1) is 11.3. The van der Waals surface area contributed by atoms with Crippen molar-refractivity contribution in [3.05, 3.63) is 70.4 Å². The minimum Gasteiger partial charge on any atom is -0.380 e. The fraction of sp³-hybridized carbons (Fsp3) is 0.105. The van der Waals surface area contributed by atoms with Gasteiger partial charge in [-0.2, -0.15) is 0 Å². The largest absolute Gasteiger partial charge is 0.380 e. The highest BCUT2D eigenvalue weighted by molar-refractivity contribution is 7.21. The van der Waals surface area contributed by atoms with Crippen LogP contribution in [0.2, 0.25) is 0 Å². The third-order valence-electron chi connectivity index (χ3n) is 3.72. The molecule has 0 aliphatic heterocycles. The molecule has 0 saturated carbocycles. The highest BCUT2D eigenvalue weighted by Gasteiger charge is 2.06. The number of nitrogens with one attached hydrogen (secondary N) is 1. The molecule has 23 heavy (non-hydrogen) atoms. The smallest absolute Gasteiger partial charge is 0.124 e. The van der Waals surface area contributed by atoms with Gasteiger partial charge in [0.1, 0.15) is 5.01 Å². The van der Waals surface area contributed by atoms with Crippen molar-refractivity contribution < 1.29 is 0 Å². The summed E-state index contributed by atoms with van der Waals surface area (Å²) in [6, 6.07) is 19.2. The zero-order chi connectivity index (χ0) is 15.6. The Bertz CT molecular complexity index is 922. The second-order valence-electron chi connectivity index (χ2n) is 5.50. The molecule has 4 heteroatoms. The van der Waals surface area contributed by atoms with Gasteiger partial charge in [0.25, 0.3) is 0 Å². The molecule has 4 aromatic rings. The first-order valence-corrected chi connectivity index (χ1v) is 9.21. The zero-order valence-corrected chi connectivity index (χ0v) is 14.4. The summed E-state index contributed by atoms with van der Waals surface area (Å²) in [6.07, 6.45) is 0. The Balaban J connectivity index is 1.54. The van der Waals surface area contributed by atoms with Crippen molar-refractivity contribution in [1.29, 1.82) is 0 Å². The van der Waals surface area contributed by atoms with Crippen molar-refractivity contribution in [3.8, 4) is 10.6 Å². The molecule has 2 aromatic heterocycles. The van der Waals surface area contributed by atoms with E-state index in [2.05, 4.69) is 72.2 Å². The van der Waals surface area contributed by atoms with Crippen LogP contribution in [0.15, 0.2) is 60.0 Å². The Hall–Kier alpha value is -2.17. The van der Waals surface area contributed by atoms with E-state index in [1.165, 1.54) is 20.7 Å². The van der Waals surface area contributed by atoms with Gasteiger partial charge in [-0.3, -0.25) is 0 Å². The lowest BCUT2D eigenvalue weighted by atomic mass is 10.2. The predicted octanol–water partition coefficient (Wildman–Crippen LogP) is 5.95. The maximum atomic E-state index is 4.76. The molecule has 0 spiro atoms. The lowest BCUT2D eigenvalue weighted by Gasteiger charge is -2.05. The van der Waals surface area contributed by atoms with Crippen molar-refractivity contribution in [3.63, 3.8) is 0 Å². The molecule has 0 bridgehead atoms. The standard InChI is InChI=1S/C19H16N2S2/c1-13-4-9-18-17(11-13)21-19(23-18)14-5-7-15(8-6-14)20-12-16-3-2-10-22-16/h2-11,20H,12H2,1H3. The monoisotopic (exact) mass is 336 g/mol. The number of nitrogens with zero attached hydrogens (tertiary/aromatic N) is 1. The first kappa shape index (κ1) is 14.4. The van der Waals surface area contributed by atoms with E-state index < -0.39 is 0 Å². The summed E-state index contributed by atoms with van der Waals surface area (Å²) < 4.78 is 1.24. The molecule has 0 amide bonds. The Morgan fingerprint density at radius 1 is 1.04 bits per heavy atom. The van der Waals surface area contributed by atoms with Gasteiger partial charge < -0.3 is 5.32 Å². The van der Waals surface area contributed by atoms with E-state index in [4.69, 9.17) is 4.98 Å². The van der Waals surface area contributed by atoms with E-state index >= 15 is 0 Å². The maximum Gasteiger partial charge on any atom is 0.124 e. The summed E-state index contributed by atoms with van der Waals surface area (Å²) in [4.78, 5) is 6.10. The highest BCUT2D eigenvalue weighted by atomic mass is 32.1. The van der Waals surface area contributed by atoms with E-state index in [9.17, 15) is 0 Å². The van der Waals surface area contributed by atoms with E-state index in [1.807, 2.05) is 0 Å². The number of rotatable bonds is 4. The minimum absolute atomic E-state index is 0.872. The van der Waals surface area contributed by atoms with Gasteiger partial charge in [-0.05, 0) is 60.3 Å². The number of anilines is 1. The number of benzene rings is 2. The molecule has 0 saturated heterocycles. The van der Waals surface area contributed by atoms with Crippen LogP contribution in [0.25, 0.3) is 20.8 Å². The molecule has 2 aromatic carbocycles. The highest BCUT2D eigenvalue weighted by Crippen LogP contribution is 2.31. The number of thiazole rings is 1. The SMILES string of the molecule is Cc1ccc2sc(-c3ccc(NCc4cccs4)cc3)nc2c1. The predicted molar refractivity (Wildman–Crippen MR) is 101 cm³/mol. The van der Waals surface area contributed by atoms with Crippen LogP contribution in [0.1, 0.15) is 10.4 Å². The topological polar surface area (TPSA) is 24.9 Å². The lowest BCUT2D eigenvalue weighted by molar-refractivity contribution is 1.19. The summed E-state index contributed by atoms with van der Waals surface area (Å²) in [5, 5.41) is 6.64. The van der Waals surface area contributed by atoms with E-state index in [-0.39, 0.29) is 0 Å². The summed E-state index contributed by atoms with van der Waals surface area (Å²) in [5.74, 6) is 0. The Kier molecular flexibility index (Phi) is 3.85. The molecule has 2 nitrogen and oxygen atoms in total. The Morgan fingerprint density at radius 3 is 2.70 bits per heavy atom. The normalized spacial score (nSPS) is 11.0. The third-order valence-corrected chi connectivity index (χ3v) is 5.68. The van der Waals surface area contributed by atoms with Crippen LogP contribution in [-0.2, 0) is 6.54 Å². The van der Waals surface area contributed by atoms with Gasteiger partial charge in [0, 0.05) is 22.7 Å². The van der Waals surface area contributed by atoms with Gasteiger partial charge in [0.05, 0.1) is 10.2 Å². The Morgan fingerprint density at radius 2 is 1.91 bits per heavy atom. The number of aromatic nitrogens is 1. The van der Waals surface area contributed by atoms with Crippen LogP contribution in [-0.4, -0.2) is 4.98 Å². The van der Waals surface area contributed by atoms with Crippen molar-refractivity contribution in [2.75, 3.05) is 5.32 Å². The van der Waals surface area contributed by atoms with Crippen molar-refractivity contribution in [2.45, 2.75) is 13.5 Å². The molecule has 0 atom stereocenters. The number of fused-ring (bicyclic) bond motifs is 1. The van der Waals surface area contributed by atoms with Crippen LogP contribution in [0.4, 0.5) is 5.69 Å². The number of thiophene rings is 1. The third kappa shape index (κ3) is 3.14. The van der Waals surface area contributed by atoms with Gasteiger partial charge in [-0.1, -0.05) is 12.1 Å². The first-order valence-electron chi connectivity index (χ1n) is 7.52. The molecule has 4 rings (SSSR count). The van der Waals surface area contributed by atoms with Gasteiger partial charge in [0.2, 0.25) is 0 Å². The maximum absolute atomic E-state index is 4.76. The minimum atomic E-state index is 0.872. The molecule has 1 N–H and O–H groups in total. The molecule has 114 valence electrons. The van der Waals surface area contributed by atoms with Crippen LogP contribution in [0, 0.1) is 6.92 Å². The fourth-order valence-corrected chi connectivity index (χ4v) is 4.09. The van der Waals surface area contributed by atoms with Gasteiger partial charge >= 0.3 is 0 Å². The number of aryl methyl sites for hydroxylation is 1. The number of hydrogen-bond donors (Lipinski definition) is 1. The van der Waals surface area contributed by atoms with Crippen molar-refractivity contribution in [2.24, 2.45) is 0 Å². The summed E-state index contributed by atoms with van der Waals surface area (Å²) in [5.41, 5.74) is 4.65. The van der Waals surface area contributed by atoms with Gasteiger partial charge in [0.15, 0.2) is 0 Å². The average Bonchev–Trinajstić information content (AvgIpc) is 3.22. The molecule has 0 radical (unpaired) electrons. The molecule has 0 aliphatic rings. The van der Waals surface area contributed by atoms with E-state index in [0.29, 0.717) is 0 Å². The van der Waals surface area contributed by atoms with Gasteiger partial charge in [-0.15, -0.1) is 22.7 Å². The summed E-state index contributed by atoms with van der Waals surface area (Å²) in [7, 11) is 0. The second-order valence-corrected chi connectivity index (χ2v) is 7.56.